The second-order valence-electron chi connectivity index (χ2n) is 5.84. The molecule has 0 aromatic heterocycles. The standard InChI is InChI=1S/C17H19NO2/c1-11-9-12(11)10-18(2)16-8-7-15(17(19)20)13-5-3-4-6-14(13)16/h3-8,11-12H,9-10H2,1-2H3,(H,19,20). The van der Waals surface area contributed by atoms with Crippen molar-refractivity contribution in [2.75, 3.05) is 18.5 Å². The zero-order valence-electron chi connectivity index (χ0n) is 11.8. The third kappa shape index (κ3) is 2.24. The van der Waals surface area contributed by atoms with E-state index in [1.165, 1.54) is 6.42 Å². The molecule has 0 radical (unpaired) electrons. The van der Waals surface area contributed by atoms with Gasteiger partial charge in [0.25, 0.3) is 0 Å². The van der Waals surface area contributed by atoms with E-state index in [0.29, 0.717) is 5.56 Å². The lowest BCUT2D eigenvalue weighted by molar-refractivity contribution is 0.0699. The summed E-state index contributed by atoms with van der Waals surface area (Å²) in [5, 5.41) is 11.1. The monoisotopic (exact) mass is 269 g/mol. The van der Waals surface area contributed by atoms with E-state index in [9.17, 15) is 9.90 Å². The number of anilines is 1. The third-order valence-electron chi connectivity index (χ3n) is 4.33. The molecule has 1 aliphatic carbocycles. The second-order valence-corrected chi connectivity index (χ2v) is 5.84. The Labute approximate surface area is 118 Å². The number of fused-ring (bicyclic) bond motifs is 1. The first-order chi connectivity index (χ1) is 9.58. The molecule has 3 rings (SSSR count). The van der Waals surface area contributed by atoms with Gasteiger partial charge in [0.1, 0.15) is 0 Å². The molecular formula is C17H19NO2. The number of nitrogens with zero attached hydrogens (tertiary/aromatic N) is 1. The summed E-state index contributed by atoms with van der Waals surface area (Å²) in [5.74, 6) is 0.728. The van der Waals surface area contributed by atoms with Gasteiger partial charge in [-0.2, -0.15) is 0 Å². The van der Waals surface area contributed by atoms with E-state index in [0.717, 1.165) is 34.8 Å². The third-order valence-corrected chi connectivity index (χ3v) is 4.33. The number of rotatable bonds is 4. The van der Waals surface area contributed by atoms with Crippen LogP contribution in [0.4, 0.5) is 5.69 Å². The van der Waals surface area contributed by atoms with Gasteiger partial charge in [0, 0.05) is 24.7 Å². The molecule has 2 atom stereocenters. The molecular weight excluding hydrogens is 250 g/mol. The predicted molar refractivity (Wildman–Crippen MR) is 81.4 cm³/mol. The molecule has 0 heterocycles. The Morgan fingerprint density at radius 3 is 2.50 bits per heavy atom. The number of hydrogen-bond donors (Lipinski definition) is 1. The summed E-state index contributed by atoms with van der Waals surface area (Å²) in [5.41, 5.74) is 1.49. The van der Waals surface area contributed by atoms with Crippen LogP contribution < -0.4 is 4.90 Å². The molecule has 20 heavy (non-hydrogen) atoms. The van der Waals surface area contributed by atoms with Crippen LogP contribution in [0, 0.1) is 11.8 Å². The van der Waals surface area contributed by atoms with Gasteiger partial charge in [0.2, 0.25) is 0 Å². The Bertz CT molecular complexity index is 665. The number of benzene rings is 2. The van der Waals surface area contributed by atoms with Crippen LogP contribution in [-0.4, -0.2) is 24.7 Å². The smallest absolute Gasteiger partial charge is 0.336 e. The normalized spacial score (nSPS) is 20.9. The zero-order chi connectivity index (χ0) is 14.3. The summed E-state index contributed by atoms with van der Waals surface area (Å²) in [6, 6.07) is 11.4. The van der Waals surface area contributed by atoms with Gasteiger partial charge in [-0.15, -0.1) is 0 Å². The van der Waals surface area contributed by atoms with Gasteiger partial charge >= 0.3 is 5.97 Å². The minimum atomic E-state index is -0.869. The molecule has 3 heteroatoms. The fraction of sp³-hybridized carbons (Fsp3) is 0.353. The van der Waals surface area contributed by atoms with Crippen molar-refractivity contribution in [1.29, 1.82) is 0 Å². The van der Waals surface area contributed by atoms with Crippen LogP contribution in [0.2, 0.25) is 0 Å². The van der Waals surface area contributed by atoms with Crippen molar-refractivity contribution in [1.82, 2.24) is 0 Å². The topological polar surface area (TPSA) is 40.5 Å². The van der Waals surface area contributed by atoms with Crippen LogP contribution in [0.1, 0.15) is 23.7 Å². The first-order valence-electron chi connectivity index (χ1n) is 7.04. The SMILES string of the molecule is CC1CC1CN(C)c1ccc(C(=O)O)c2ccccc12. The van der Waals surface area contributed by atoms with Crippen LogP contribution in [-0.2, 0) is 0 Å². The molecule has 0 amide bonds. The first kappa shape index (κ1) is 13.0. The van der Waals surface area contributed by atoms with E-state index in [1.807, 2.05) is 30.3 Å². The summed E-state index contributed by atoms with van der Waals surface area (Å²) >= 11 is 0. The molecule has 2 unspecified atom stereocenters. The maximum atomic E-state index is 11.3. The lowest BCUT2D eigenvalue weighted by Crippen LogP contribution is -2.21. The van der Waals surface area contributed by atoms with Crippen molar-refractivity contribution >= 4 is 22.4 Å². The number of aromatic carboxylic acids is 1. The summed E-state index contributed by atoms with van der Waals surface area (Å²) in [6.45, 7) is 3.32. The van der Waals surface area contributed by atoms with Crippen LogP contribution >= 0.6 is 0 Å². The van der Waals surface area contributed by atoms with Gasteiger partial charge < -0.3 is 10.0 Å². The van der Waals surface area contributed by atoms with Gasteiger partial charge in [0.05, 0.1) is 5.56 Å². The molecule has 1 aliphatic rings. The van der Waals surface area contributed by atoms with Crippen LogP contribution in [0.3, 0.4) is 0 Å². The van der Waals surface area contributed by atoms with Gasteiger partial charge in [-0.1, -0.05) is 31.2 Å². The van der Waals surface area contributed by atoms with Crippen molar-refractivity contribution in [3.63, 3.8) is 0 Å². The molecule has 1 saturated carbocycles. The van der Waals surface area contributed by atoms with Crippen LogP contribution in [0.25, 0.3) is 10.8 Å². The quantitative estimate of drug-likeness (QED) is 0.921. The molecule has 2 aromatic rings. The Hall–Kier alpha value is -2.03. The molecule has 1 N–H and O–H groups in total. The molecule has 1 fully saturated rings. The van der Waals surface area contributed by atoms with E-state index in [1.54, 1.807) is 6.07 Å². The minimum absolute atomic E-state index is 0.373. The molecule has 0 bridgehead atoms. The minimum Gasteiger partial charge on any atom is -0.478 e. The zero-order valence-corrected chi connectivity index (χ0v) is 11.8. The molecule has 3 nitrogen and oxygen atoms in total. The first-order valence-corrected chi connectivity index (χ1v) is 7.04. The molecule has 104 valence electrons. The van der Waals surface area contributed by atoms with Crippen molar-refractivity contribution < 1.29 is 9.90 Å². The lowest BCUT2D eigenvalue weighted by atomic mass is 10.0. The summed E-state index contributed by atoms with van der Waals surface area (Å²) in [7, 11) is 2.09. The van der Waals surface area contributed by atoms with Crippen molar-refractivity contribution in [3.8, 4) is 0 Å². The van der Waals surface area contributed by atoms with Gasteiger partial charge in [0.15, 0.2) is 0 Å². The largest absolute Gasteiger partial charge is 0.478 e. The summed E-state index contributed by atoms with van der Waals surface area (Å²) < 4.78 is 0. The fourth-order valence-corrected chi connectivity index (χ4v) is 2.91. The van der Waals surface area contributed by atoms with Crippen molar-refractivity contribution in [2.24, 2.45) is 11.8 Å². The van der Waals surface area contributed by atoms with Gasteiger partial charge in [-0.3, -0.25) is 0 Å². The van der Waals surface area contributed by atoms with Crippen molar-refractivity contribution in [3.05, 3.63) is 42.0 Å². The average molecular weight is 269 g/mol. The summed E-state index contributed by atoms with van der Waals surface area (Å²) in [6.07, 6.45) is 1.30. The van der Waals surface area contributed by atoms with Crippen LogP contribution in [0.15, 0.2) is 36.4 Å². The summed E-state index contributed by atoms with van der Waals surface area (Å²) in [4.78, 5) is 13.6. The van der Waals surface area contributed by atoms with Gasteiger partial charge in [-0.25, -0.2) is 4.79 Å². The highest BCUT2D eigenvalue weighted by Crippen LogP contribution is 2.39. The number of hydrogen-bond acceptors (Lipinski definition) is 2. The van der Waals surface area contributed by atoms with Gasteiger partial charge in [-0.05, 0) is 35.8 Å². The van der Waals surface area contributed by atoms with E-state index in [-0.39, 0.29) is 0 Å². The molecule has 2 aromatic carbocycles. The average Bonchev–Trinajstić information content (AvgIpc) is 3.12. The van der Waals surface area contributed by atoms with E-state index >= 15 is 0 Å². The van der Waals surface area contributed by atoms with E-state index in [2.05, 4.69) is 18.9 Å². The highest BCUT2D eigenvalue weighted by Gasteiger charge is 2.33. The second kappa shape index (κ2) is 4.82. The van der Waals surface area contributed by atoms with Crippen LogP contribution in [0.5, 0.6) is 0 Å². The number of carboxylic acids is 1. The van der Waals surface area contributed by atoms with E-state index in [4.69, 9.17) is 0 Å². The number of carboxylic acid groups (broad SMARTS) is 1. The Morgan fingerprint density at radius 2 is 1.90 bits per heavy atom. The number of carbonyl (C=O) groups is 1. The maximum absolute atomic E-state index is 11.3. The highest BCUT2D eigenvalue weighted by atomic mass is 16.4. The highest BCUT2D eigenvalue weighted by molar-refractivity contribution is 6.07. The molecule has 0 aliphatic heterocycles. The lowest BCUT2D eigenvalue weighted by Gasteiger charge is -2.22. The Balaban J connectivity index is 2.03. The maximum Gasteiger partial charge on any atom is 0.336 e. The molecule has 0 spiro atoms. The van der Waals surface area contributed by atoms with Crippen molar-refractivity contribution in [2.45, 2.75) is 13.3 Å². The molecule has 0 saturated heterocycles. The Kier molecular flexibility index (Phi) is 3.13. The fourth-order valence-electron chi connectivity index (χ4n) is 2.91. The predicted octanol–water partition coefficient (Wildman–Crippen LogP) is 3.63. The van der Waals surface area contributed by atoms with E-state index < -0.39 is 5.97 Å². The Morgan fingerprint density at radius 1 is 1.25 bits per heavy atom.